The molecule has 0 amide bonds. The lowest BCUT2D eigenvalue weighted by Gasteiger charge is -2.25. The molecule has 0 aromatic rings. The van der Waals surface area contributed by atoms with Crippen LogP contribution >= 0.6 is 0 Å². The van der Waals surface area contributed by atoms with Crippen molar-refractivity contribution in [3.63, 3.8) is 0 Å². The van der Waals surface area contributed by atoms with E-state index in [-0.39, 0.29) is 25.1 Å². The summed E-state index contributed by atoms with van der Waals surface area (Å²) in [5.41, 5.74) is 0. The van der Waals surface area contributed by atoms with Gasteiger partial charge in [-0.2, -0.15) is 0 Å². The first kappa shape index (κ1) is 15.3. The number of rotatable bonds is 5. The van der Waals surface area contributed by atoms with E-state index in [1.54, 1.807) is 0 Å². The van der Waals surface area contributed by atoms with Crippen LogP contribution in [0.25, 0.3) is 0 Å². The van der Waals surface area contributed by atoms with Crippen molar-refractivity contribution in [1.82, 2.24) is 0 Å². The lowest BCUT2D eigenvalue weighted by atomic mass is 10.2. The van der Waals surface area contributed by atoms with Crippen molar-refractivity contribution in [3.05, 3.63) is 0 Å². The van der Waals surface area contributed by atoms with Crippen LogP contribution in [0.2, 0.25) is 39.3 Å². The Hall–Kier alpha value is 0.274. The Morgan fingerprint density at radius 3 is 2.00 bits per heavy atom. The highest BCUT2D eigenvalue weighted by atomic mass is 28.4. The maximum Gasteiger partial charge on any atom is 0.187 e. The minimum atomic E-state index is -1.60. The normalized spacial score (nSPS) is 30.9. The summed E-state index contributed by atoms with van der Waals surface area (Å²) in [4.78, 5) is 0. The summed E-state index contributed by atoms with van der Waals surface area (Å²) >= 11 is 0. The number of aliphatic hydroxyl groups excluding tert-OH is 1. The Bertz CT molecular complexity index is 247. The molecule has 0 aliphatic carbocycles. The van der Waals surface area contributed by atoms with E-state index in [1.165, 1.54) is 0 Å². The van der Waals surface area contributed by atoms with Crippen LogP contribution in [-0.2, 0) is 13.6 Å². The quantitative estimate of drug-likeness (QED) is 0.783. The zero-order valence-electron chi connectivity index (χ0n) is 11.8. The summed E-state index contributed by atoms with van der Waals surface area (Å²) in [5, 5.41) is 9.32. The molecular weight excluding hydrogens is 252 g/mol. The number of hydrogen-bond donors (Lipinski definition) is 1. The molecule has 4 nitrogen and oxygen atoms in total. The molecule has 1 aliphatic heterocycles. The first-order valence-electron chi connectivity index (χ1n) is 6.23. The second-order valence-electron chi connectivity index (χ2n) is 6.52. The van der Waals surface area contributed by atoms with E-state index in [0.717, 1.165) is 6.42 Å². The molecule has 1 heterocycles. The van der Waals surface area contributed by atoms with Gasteiger partial charge >= 0.3 is 0 Å². The molecule has 0 bridgehead atoms. The highest BCUT2D eigenvalue weighted by molar-refractivity contribution is 6.70. The summed E-state index contributed by atoms with van der Waals surface area (Å²) in [6.07, 6.45) is 0.274. The molecule has 0 saturated carbocycles. The maximum atomic E-state index is 9.32. The van der Waals surface area contributed by atoms with Crippen LogP contribution in [-0.4, -0.2) is 46.8 Å². The zero-order chi connectivity index (χ0) is 13.3. The minimum absolute atomic E-state index is 0.000699. The molecule has 1 saturated heterocycles. The Morgan fingerprint density at radius 1 is 1.06 bits per heavy atom. The maximum absolute atomic E-state index is 9.32. The van der Waals surface area contributed by atoms with Gasteiger partial charge in [0.2, 0.25) is 0 Å². The molecule has 6 heteroatoms. The molecule has 1 aliphatic rings. The average molecular weight is 278 g/mol. The first-order chi connectivity index (χ1) is 7.61. The zero-order valence-corrected chi connectivity index (χ0v) is 13.8. The fourth-order valence-electron chi connectivity index (χ4n) is 1.89. The predicted molar refractivity (Wildman–Crippen MR) is 73.0 cm³/mol. The number of aliphatic hydroxyl groups is 1. The molecular formula is C11H26O4Si2. The summed E-state index contributed by atoms with van der Waals surface area (Å²) < 4.78 is 17.7. The fourth-order valence-corrected chi connectivity index (χ4v) is 3.99. The third kappa shape index (κ3) is 5.63. The van der Waals surface area contributed by atoms with Gasteiger partial charge in [-0.3, -0.25) is 0 Å². The number of ether oxygens (including phenoxy) is 1. The van der Waals surface area contributed by atoms with Crippen LogP contribution in [0.15, 0.2) is 0 Å². The van der Waals surface area contributed by atoms with Gasteiger partial charge in [0, 0.05) is 6.42 Å². The Kier molecular flexibility index (Phi) is 4.96. The summed E-state index contributed by atoms with van der Waals surface area (Å²) in [6, 6.07) is 0. The predicted octanol–water partition coefficient (Wildman–Crippen LogP) is 2.17. The number of hydrogen-bond acceptors (Lipinski definition) is 4. The van der Waals surface area contributed by atoms with Gasteiger partial charge in [-0.1, -0.05) is 0 Å². The highest BCUT2D eigenvalue weighted by Gasteiger charge is 2.40. The van der Waals surface area contributed by atoms with E-state index in [2.05, 4.69) is 39.3 Å². The molecule has 0 spiro atoms. The first-order valence-corrected chi connectivity index (χ1v) is 13.0. The van der Waals surface area contributed by atoms with E-state index < -0.39 is 16.6 Å². The molecule has 17 heavy (non-hydrogen) atoms. The summed E-state index contributed by atoms with van der Waals surface area (Å²) in [5.74, 6) is 0. The molecule has 3 atom stereocenters. The van der Waals surface area contributed by atoms with Crippen LogP contribution in [0, 0.1) is 0 Å². The Morgan fingerprint density at radius 2 is 1.59 bits per heavy atom. The van der Waals surface area contributed by atoms with E-state index in [9.17, 15) is 5.11 Å². The van der Waals surface area contributed by atoms with Gasteiger partial charge in [0.1, 0.15) is 6.10 Å². The summed E-state index contributed by atoms with van der Waals surface area (Å²) in [7, 11) is -3.21. The van der Waals surface area contributed by atoms with E-state index in [0.29, 0.717) is 0 Å². The summed E-state index contributed by atoms with van der Waals surface area (Å²) in [6.45, 7) is 12.8. The van der Waals surface area contributed by atoms with Crippen LogP contribution in [0.5, 0.6) is 0 Å². The molecule has 0 radical (unpaired) electrons. The third-order valence-corrected chi connectivity index (χ3v) is 4.32. The topological polar surface area (TPSA) is 47.9 Å². The fraction of sp³-hybridized carbons (Fsp3) is 1.00. The van der Waals surface area contributed by atoms with E-state index >= 15 is 0 Å². The molecule has 0 aromatic carbocycles. The van der Waals surface area contributed by atoms with Crippen molar-refractivity contribution in [1.29, 1.82) is 0 Å². The lowest BCUT2D eigenvalue weighted by Crippen LogP contribution is -2.37. The van der Waals surface area contributed by atoms with Crippen LogP contribution < -0.4 is 0 Å². The van der Waals surface area contributed by atoms with E-state index in [4.69, 9.17) is 13.6 Å². The molecule has 1 unspecified atom stereocenters. The van der Waals surface area contributed by atoms with Gasteiger partial charge in [0.15, 0.2) is 22.9 Å². The molecule has 1 N–H and O–H groups in total. The Labute approximate surface area is 107 Å². The average Bonchev–Trinajstić information content (AvgIpc) is 2.40. The minimum Gasteiger partial charge on any atom is -0.412 e. The van der Waals surface area contributed by atoms with Gasteiger partial charge < -0.3 is 18.7 Å². The monoisotopic (exact) mass is 278 g/mol. The van der Waals surface area contributed by atoms with Gasteiger partial charge in [0.05, 0.1) is 12.7 Å². The van der Waals surface area contributed by atoms with E-state index in [1.807, 2.05) is 0 Å². The van der Waals surface area contributed by atoms with Crippen molar-refractivity contribution in [2.45, 2.75) is 64.2 Å². The van der Waals surface area contributed by atoms with Gasteiger partial charge in [-0.25, -0.2) is 0 Å². The molecule has 1 rings (SSSR count). The second kappa shape index (κ2) is 5.50. The van der Waals surface area contributed by atoms with Crippen molar-refractivity contribution in [3.8, 4) is 0 Å². The third-order valence-electron chi connectivity index (χ3n) is 2.34. The SMILES string of the molecule is C[Si](C)(C)OC1C[C@H](O[Si](C)(C)C)[C@@H](CO)O1. The van der Waals surface area contributed by atoms with Gasteiger partial charge in [0.25, 0.3) is 0 Å². The largest absolute Gasteiger partial charge is 0.412 e. The Balaban J connectivity index is 2.56. The van der Waals surface area contributed by atoms with Crippen LogP contribution in [0.1, 0.15) is 6.42 Å². The molecule has 0 aromatic heterocycles. The van der Waals surface area contributed by atoms with Crippen molar-refractivity contribution >= 4 is 16.6 Å². The smallest absolute Gasteiger partial charge is 0.187 e. The van der Waals surface area contributed by atoms with Crippen molar-refractivity contribution < 1.29 is 18.7 Å². The standard InChI is InChI=1S/C11H26O4Si2/c1-16(2,3)14-9-7-11(13-10(9)8-12)15-17(4,5)6/h9-12H,7-8H2,1-6H3/t9-,10+,11?/m0/s1. The van der Waals surface area contributed by atoms with Crippen molar-refractivity contribution in [2.75, 3.05) is 6.61 Å². The van der Waals surface area contributed by atoms with Crippen LogP contribution in [0.4, 0.5) is 0 Å². The molecule has 1 fully saturated rings. The van der Waals surface area contributed by atoms with Gasteiger partial charge in [-0.15, -0.1) is 0 Å². The van der Waals surface area contributed by atoms with Gasteiger partial charge in [-0.05, 0) is 39.3 Å². The lowest BCUT2D eigenvalue weighted by molar-refractivity contribution is -0.0962. The molecule has 102 valence electrons. The second-order valence-corrected chi connectivity index (χ2v) is 15.4. The van der Waals surface area contributed by atoms with Crippen LogP contribution in [0.3, 0.4) is 0 Å². The highest BCUT2D eigenvalue weighted by Crippen LogP contribution is 2.28. The van der Waals surface area contributed by atoms with Crippen molar-refractivity contribution in [2.24, 2.45) is 0 Å².